The third kappa shape index (κ3) is 10.7. The normalized spacial score (nSPS) is 13.2. The van der Waals surface area contributed by atoms with Crippen molar-refractivity contribution in [2.24, 2.45) is 0 Å². The average molecular weight is 497 g/mol. The minimum atomic E-state index is -0.582. The van der Waals surface area contributed by atoms with Crippen molar-refractivity contribution in [3.8, 4) is 5.75 Å². The molecule has 0 aliphatic carbocycles. The van der Waals surface area contributed by atoms with Crippen LogP contribution < -0.4 is 4.74 Å². The van der Waals surface area contributed by atoms with E-state index in [4.69, 9.17) is 9.47 Å². The molecule has 0 bridgehead atoms. The summed E-state index contributed by atoms with van der Waals surface area (Å²) in [5.74, 6) is 0.553. The van der Waals surface area contributed by atoms with Gasteiger partial charge in [0.25, 0.3) is 0 Å². The van der Waals surface area contributed by atoms with Crippen LogP contribution in [0.5, 0.6) is 5.75 Å². The van der Waals surface area contributed by atoms with Gasteiger partial charge < -0.3 is 14.0 Å². The summed E-state index contributed by atoms with van der Waals surface area (Å²) in [7, 11) is 4.19. The molecule has 2 unspecified atom stereocenters. The maximum Gasteiger partial charge on any atom is 0.368 e. The molecular weight excluding hydrogens is 446 g/mol. The molecule has 0 radical (unpaired) electrons. The maximum absolute atomic E-state index is 13.2. The second-order valence-electron chi connectivity index (χ2n) is 10.6. The quantitative estimate of drug-likeness (QED) is 0.0905. The van der Waals surface area contributed by atoms with Gasteiger partial charge in [0, 0.05) is 18.4 Å². The maximum atomic E-state index is 13.2. The lowest BCUT2D eigenvalue weighted by molar-refractivity contribution is -0.919. The van der Waals surface area contributed by atoms with Gasteiger partial charge >= 0.3 is 5.97 Å². The van der Waals surface area contributed by atoms with Crippen LogP contribution in [-0.4, -0.2) is 36.9 Å². The van der Waals surface area contributed by atoms with Gasteiger partial charge in [0.15, 0.2) is 6.04 Å². The number of unbranched alkanes of at least 4 members (excludes halogenated alkanes) is 7. The molecule has 2 rings (SSSR count). The number of quaternary nitrogens is 1. The van der Waals surface area contributed by atoms with Gasteiger partial charge in [-0.15, -0.1) is 0 Å². The van der Waals surface area contributed by atoms with Crippen molar-refractivity contribution in [3.05, 3.63) is 65.7 Å². The third-order valence-electron chi connectivity index (χ3n) is 7.03. The number of carbonyl (C=O) groups is 1. The van der Waals surface area contributed by atoms with E-state index in [0.717, 1.165) is 18.7 Å². The lowest BCUT2D eigenvalue weighted by Gasteiger charge is -2.36. The molecule has 0 aromatic heterocycles. The zero-order valence-electron chi connectivity index (χ0n) is 23.5. The molecule has 200 valence electrons. The molecule has 0 saturated carbocycles. The van der Waals surface area contributed by atoms with E-state index >= 15 is 0 Å². The number of nitrogens with zero attached hydrogens (tertiary/aromatic N) is 1. The Morgan fingerprint density at radius 3 is 1.94 bits per heavy atom. The highest BCUT2D eigenvalue weighted by atomic mass is 16.7. The van der Waals surface area contributed by atoms with Crippen LogP contribution in [0.4, 0.5) is 0 Å². The van der Waals surface area contributed by atoms with Crippen LogP contribution in [0.15, 0.2) is 54.6 Å². The average Bonchev–Trinajstić information content (AvgIpc) is 2.86. The lowest BCUT2D eigenvalue weighted by Crippen LogP contribution is -2.53. The number of hydrogen-bond acceptors (Lipinski definition) is 3. The summed E-state index contributed by atoms with van der Waals surface area (Å²) in [6, 6.07) is 18.3. The molecule has 0 fully saturated rings. The number of likely N-dealkylation sites (N-methyl/N-ethyl adjacent to an activating group) is 1. The zero-order valence-corrected chi connectivity index (χ0v) is 23.5. The fourth-order valence-corrected chi connectivity index (χ4v) is 4.86. The molecule has 0 saturated heterocycles. The van der Waals surface area contributed by atoms with Crippen molar-refractivity contribution in [1.29, 1.82) is 0 Å². The van der Waals surface area contributed by atoms with Crippen LogP contribution in [0.25, 0.3) is 0 Å². The second-order valence-corrected chi connectivity index (χ2v) is 10.6. The van der Waals surface area contributed by atoms with Gasteiger partial charge in [-0.05, 0) is 30.5 Å². The highest BCUT2D eigenvalue weighted by Gasteiger charge is 2.36. The van der Waals surface area contributed by atoms with Crippen LogP contribution >= 0.6 is 0 Å². The van der Waals surface area contributed by atoms with E-state index in [1.165, 1.54) is 62.5 Å². The molecule has 36 heavy (non-hydrogen) atoms. The summed E-state index contributed by atoms with van der Waals surface area (Å²) in [5, 5.41) is 0. The molecule has 0 amide bonds. The van der Waals surface area contributed by atoms with Crippen molar-refractivity contribution in [2.45, 2.75) is 110 Å². The fourth-order valence-electron chi connectivity index (χ4n) is 4.86. The minimum absolute atomic E-state index is 0.198. The van der Waals surface area contributed by atoms with Gasteiger partial charge in [0.2, 0.25) is 6.29 Å². The Morgan fingerprint density at radius 1 is 0.750 bits per heavy atom. The van der Waals surface area contributed by atoms with Crippen molar-refractivity contribution in [1.82, 2.24) is 0 Å². The molecule has 0 aliphatic heterocycles. The van der Waals surface area contributed by atoms with E-state index in [-0.39, 0.29) is 12.0 Å². The Labute approximate surface area is 220 Å². The standard InChI is InChI=1S/C32H50NO3/c1-6-9-10-11-12-13-14-16-19-27-22-24-29(25-23-27)35-31(8-3)36-32(34)30(7-2)33(4,5)26-28-20-17-15-18-21-28/h15,17-18,20-25,30-31H,6-14,16,19,26H2,1-5H3/q+1. The van der Waals surface area contributed by atoms with E-state index in [9.17, 15) is 4.79 Å². The Morgan fingerprint density at radius 2 is 1.36 bits per heavy atom. The van der Waals surface area contributed by atoms with E-state index in [1.54, 1.807) is 0 Å². The molecule has 4 nitrogen and oxygen atoms in total. The predicted molar refractivity (Wildman–Crippen MR) is 150 cm³/mol. The van der Waals surface area contributed by atoms with Gasteiger partial charge in [-0.1, -0.05) is 108 Å². The predicted octanol–water partition coefficient (Wildman–Crippen LogP) is 8.08. The van der Waals surface area contributed by atoms with Gasteiger partial charge in [-0.3, -0.25) is 0 Å². The molecule has 2 aromatic rings. The molecule has 0 heterocycles. The van der Waals surface area contributed by atoms with Crippen LogP contribution in [0.2, 0.25) is 0 Å². The zero-order chi connectivity index (χ0) is 26.2. The Bertz CT molecular complexity index is 847. The number of esters is 1. The molecular formula is C32H50NO3+. The highest BCUT2D eigenvalue weighted by Crippen LogP contribution is 2.21. The smallest absolute Gasteiger partial charge is 0.368 e. The second kappa shape index (κ2) is 16.4. The van der Waals surface area contributed by atoms with E-state index in [0.29, 0.717) is 17.3 Å². The molecule has 2 atom stereocenters. The summed E-state index contributed by atoms with van der Waals surface area (Å²) < 4.78 is 12.5. The Kier molecular flexibility index (Phi) is 13.6. The molecule has 4 heteroatoms. The van der Waals surface area contributed by atoms with Crippen molar-refractivity contribution in [2.75, 3.05) is 14.1 Å². The molecule has 2 aromatic carbocycles. The lowest BCUT2D eigenvalue weighted by atomic mass is 10.0. The first-order chi connectivity index (χ1) is 17.4. The van der Waals surface area contributed by atoms with Gasteiger partial charge in [0.05, 0.1) is 14.1 Å². The largest absolute Gasteiger partial charge is 0.455 e. The summed E-state index contributed by atoms with van der Waals surface area (Å²) in [5.41, 5.74) is 2.55. The first-order valence-electron chi connectivity index (χ1n) is 14.2. The first kappa shape index (κ1) is 29.9. The molecule has 0 spiro atoms. The van der Waals surface area contributed by atoms with E-state index in [1.807, 2.05) is 44.2 Å². The number of aryl methyl sites for hydroxylation is 1. The van der Waals surface area contributed by atoms with Crippen LogP contribution in [0.3, 0.4) is 0 Å². The van der Waals surface area contributed by atoms with E-state index < -0.39 is 6.29 Å². The topological polar surface area (TPSA) is 35.5 Å². The summed E-state index contributed by atoms with van der Waals surface area (Å²) in [4.78, 5) is 13.2. The van der Waals surface area contributed by atoms with Crippen molar-refractivity contribution < 1.29 is 18.8 Å². The number of hydrogen-bond donors (Lipinski definition) is 0. The number of benzene rings is 2. The Hall–Kier alpha value is -2.33. The monoisotopic (exact) mass is 496 g/mol. The van der Waals surface area contributed by atoms with Crippen LogP contribution in [0, 0.1) is 0 Å². The molecule has 0 N–H and O–H groups in total. The van der Waals surface area contributed by atoms with Crippen LogP contribution in [0.1, 0.15) is 96.1 Å². The number of ether oxygens (including phenoxy) is 2. The third-order valence-corrected chi connectivity index (χ3v) is 7.03. The van der Waals surface area contributed by atoms with Crippen LogP contribution in [-0.2, 0) is 22.5 Å². The summed E-state index contributed by atoms with van der Waals surface area (Å²) in [6.07, 6.45) is 12.5. The summed E-state index contributed by atoms with van der Waals surface area (Å²) >= 11 is 0. The fraction of sp³-hybridized carbons (Fsp3) is 0.594. The van der Waals surface area contributed by atoms with E-state index in [2.05, 4.69) is 45.3 Å². The van der Waals surface area contributed by atoms with Gasteiger partial charge in [0.1, 0.15) is 12.3 Å². The van der Waals surface area contributed by atoms with Gasteiger partial charge in [-0.25, -0.2) is 4.79 Å². The highest BCUT2D eigenvalue weighted by molar-refractivity contribution is 5.74. The van der Waals surface area contributed by atoms with Crippen molar-refractivity contribution in [3.63, 3.8) is 0 Å². The number of carbonyl (C=O) groups excluding carboxylic acids is 1. The first-order valence-corrected chi connectivity index (χ1v) is 14.2. The van der Waals surface area contributed by atoms with Crippen molar-refractivity contribution >= 4 is 5.97 Å². The summed E-state index contributed by atoms with van der Waals surface area (Å²) in [6.45, 7) is 7.07. The van der Waals surface area contributed by atoms with Gasteiger partial charge in [-0.2, -0.15) is 0 Å². The SMILES string of the molecule is CCCCCCCCCCc1ccc(OC(CC)OC(=O)C(CC)[N+](C)(C)Cc2ccccc2)cc1. The molecule has 0 aliphatic rings. The Balaban J connectivity index is 1.81. The number of rotatable bonds is 18. The minimum Gasteiger partial charge on any atom is -0.455 e.